The van der Waals surface area contributed by atoms with Crippen LogP contribution in [0.5, 0.6) is 0 Å². The van der Waals surface area contributed by atoms with Crippen LogP contribution in [0.15, 0.2) is 24.3 Å². The van der Waals surface area contributed by atoms with Crippen molar-refractivity contribution in [3.63, 3.8) is 0 Å². The Balaban J connectivity index is 3.56. The third kappa shape index (κ3) is 21.6. The molecular formula is C25H48O2. The summed E-state index contributed by atoms with van der Waals surface area (Å²) in [7, 11) is 0. The summed E-state index contributed by atoms with van der Waals surface area (Å²) in [5.41, 5.74) is 0. The van der Waals surface area contributed by atoms with Crippen LogP contribution in [0.3, 0.4) is 0 Å². The Morgan fingerprint density at radius 1 is 0.630 bits per heavy atom. The molecule has 2 nitrogen and oxygen atoms in total. The van der Waals surface area contributed by atoms with E-state index in [2.05, 4.69) is 38.2 Å². The zero-order chi connectivity index (χ0) is 19.8. The van der Waals surface area contributed by atoms with E-state index < -0.39 is 0 Å². The lowest BCUT2D eigenvalue weighted by Gasteiger charge is -2.12. The second-order valence-corrected chi connectivity index (χ2v) is 7.67. The number of rotatable bonds is 21. The minimum Gasteiger partial charge on any atom is -0.236 e. The number of hydrogen-bond acceptors (Lipinski definition) is 2. The van der Waals surface area contributed by atoms with Gasteiger partial charge in [0.1, 0.15) is 6.10 Å². The van der Waals surface area contributed by atoms with Crippen molar-refractivity contribution in [3.05, 3.63) is 24.3 Å². The molecule has 27 heavy (non-hydrogen) atoms. The van der Waals surface area contributed by atoms with Gasteiger partial charge in [0.2, 0.25) is 0 Å². The summed E-state index contributed by atoms with van der Waals surface area (Å²) in [6.07, 6.45) is 30.1. The molecule has 160 valence electrons. The van der Waals surface area contributed by atoms with Gasteiger partial charge >= 0.3 is 0 Å². The minimum atomic E-state index is 0.0870. The lowest BCUT2D eigenvalue weighted by molar-refractivity contribution is -0.312. The Kier molecular flexibility index (Phi) is 22.9. The first-order valence-corrected chi connectivity index (χ1v) is 12.0. The van der Waals surface area contributed by atoms with Crippen LogP contribution in [0.4, 0.5) is 0 Å². The monoisotopic (exact) mass is 380 g/mol. The van der Waals surface area contributed by atoms with E-state index in [1.165, 1.54) is 89.9 Å². The Morgan fingerprint density at radius 2 is 1.19 bits per heavy atom. The van der Waals surface area contributed by atoms with Crippen LogP contribution >= 0.6 is 0 Å². The standard InChI is InChI=1S/C25H48O2/c1-4-7-9-11-12-13-14-15-16-17-18-20-22-24-25(27-26-6-3)23-21-19-10-8-5-2/h10,19,21,23,25H,4-9,11-18,20,22,24H2,1-3H3. The highest BCUT2D eigenvalue weighted by atomic mass is 17.2. The van der Waals surface area contributed by atoms with Crippen molar-refractivity contribution < 1.29 is 9.78 Å². The minimum absolute atomic E-state index is 0.0870. The van der Waals surface area contributed by atoms with Gasteiger partial charge in [0.25, 0.3) is 0 Å². The maximum Gasteiger partial charge on any atom is 0.111 e. The van der Waals surface area contributed by atoms with E-state index in [1.54, 1.807) is 0 Å². The number of allylic oxidation sites excluding steroid dienone is 3. The van der Waals surface area contributed by atoms with Crippen molar-refractivity contribution in [2.45, 2.75) is 130 Å². The maximum atomic E-state index is 5.48. The van der Waals surface area contributed by atoms with Gasteiger partial charge in [0.15, 0.2) is 0 Å². The highest BCUT2D eigenvalue weighted by molar-refractivity contribution is 5.04. The van der Waals surface area contributed by atoms with Crippen LogP contribution in [0.1, 0.15) is 124 Å². The molecule has 0 aromatic carbocycles. The summed E-state index contributed by atoms with van der Waals surface area (Å²) in [6, 6.07) is 0. The topological polar surface area (TPSA) is 18.5 Å². The predicted molar refractivity (Wildman–Crippen MR) is 120 cm³/mol. The summed E-state index contributed by atoms with van der Waals surface area (Å²) in [6.45, 7) is 7.06. The molecule has 0 aliphatic carbocycles. The molecule has 2 heteroatoms. The van der Waals surface area contributed by atoms with E-state index >= 15 is 0 Å². The Morgan fingerprint density at radius 3 is 1.70 bits per heavy atom. The molecule has 0 bridgehead atoms. The highest BCUT2D eigenvalue weighted by Gasteiger charge is 2.05. The van der Waals surface area contributed by atoms with E-state index in [9.17, 15) is 0 Å². The molecule has 0 N–H and O–H groups in total. The lowest BCUT2D eigenvalue weighted by atomic mass is 10.0. The predicted octanol–water partition coefficient (Wildman–Crippen LogP) is 8.72. The average Bonchev–Trinajstić information content (AvgIpc) is 2.68. The maximum absolute atomic E-state index is 5.48. The smallest absolute Gasteiger partial charge is 0.111 e. The molecule has 1 atom stereocenters. The largest absolute Gasteiger partial charge is 0.236 e. The molecule has 0 aliphatic heterocycles. The Bertz CT molecular complexity index is 322. The molecule has 0 saturated carbocycles. The van der Waals surface area contributed by atoms with Crippen LogP contribution in [0.25, 0.3) is 0 Å². The first-order chi connectivity index (χ1) is 13.3. The van der Waals surface area contributed by atoms with Gasteiger partial charge in [-0.15, -0.1) is 0 Å². The van der Waals surface area contributed by atoms with Gasteiger partial charge in [-0.2, -0.15) is 0 Å². The normalized spacial score (nSPS) is 13.1. The van der Waals surface area contributed by atoms with Crippen molar-refractivity contribution in [2.24, 2.45) is 0 Å². The first-order valence-electron chi connectivity index (χ1n) is 12.0. The van der Waals surface area contributed by atoms with Crippen molar-refractivity contribution in [3.8, 4) is 0 Å². The second kappa shape index (κ2) is 23.4. The van der Waals surface area contributed by atoms with Gasteiger partial charge in [0.05, 0.1) is 6.61 Å². The summed E-state index contributed by atoms with van der Waals surface area (Å²) < 4.78 is 0. The van der Waals surface area contributed by atoms with Crippen molar-refractivity contribution >= 4 is 0 Å². The fraction of sp³-hybridized carbons (Fsp3) is 0.840. The second-order valence-electron chi connectivity index (χ2n) is 7.67. The van der Waals surface area contributed by atoms with Crippen LogP contribution in [-0.4, -0.2) is 12.7 Å². The summed E-state index contributed by atoms with van der Waals surface area (Å²) in [5, 5.41) is 0. The molecular weight excluding hydrogens is 332 g/mol. The molecule has 0 aromatic rings. The molecule has 0 amide bonds. The van der Waals surface area contributed by atoms with Crippen LogP contribution in [0, 0.1) is 0 Å². The van der Waals surface area contributed by atoms with Crippen LogP contribution < -0.4 is 0 Å². The van der Waals surface area contributed by atoms with Gasteiger partial charge in [-0.3, -0.25) is 0 Å². The van der Waals surface area contributed by atoms with Gasteiger partial charge < -0.3 is 0 Å². The molecule has 0 radical (unpaired) electrons. The fourth-order valence-electron chi connectivity index (χ4n) is 3.22. The molecule has 0 spiro atoms. The van der Waals surface area contributed by atoms with Crippen molar-refractivity contribution in [2.75, 3.05) is 6.61 Å². The zero-order valence-corrected chi connectivity index (χ0v) is 18.7. The van der Waals surface area contributed by atoms with E-state index in [0.29, 0.717) is 6.61 Å². The molecule has 1 unspecified atom stereocenters. The van der Waals surface area contributed by atoms with Gasteiger partial charge in [-0.05, 0) is 19.8 Å². The lowest BCUT2D eigenvalue weighted by Crippen LogP contribution is -2.10. The molecule has 0 rings (SSSR count). The quantitative estimate of drug-likeness (QED) is 0.0857. The van der Waals surface area contributed by atoms with Crippen molar-refractivity contribution in [1.82, 2.24) is 0 Å². The van der Waals surface area contributed by atoms with E-state index in [4.69, 9.17) is 9.78 Å². The Hall–Kier alpha value is -0.600. The first kappa shape index (κ1) is 26.4. The van der Waals surface area contributed by atoms with Crippen LogP contribution in [0.2, 0.25) is 0 Å². The van der Waals surface area contributed by atoms with Gasteiger partial charge in [-0.25, -0.2) is 9.78 Å². The summed E-state index contributed by atoms with van der Waals surface area (Å²) in [4.78, 5) is 10.6. The zero-order valence-electron chi connectivity index (χ0n) is 18.7. The van der Waals surface area contributed by atoms with Crippen LogP contribution in [-0.2, 0) is 9.78 Å². The highest BCUT2D eigenvalue weighted by Crippen LogP contribution is 2.14. The molecule has 0 fully saturated rings. The summed E-state index contributed by atoms with van der Waals surface area (Å²) in [5.74, 6) is 0. The Labute approximate surface area is 170 Å². The molecule has 0 heterocycles. The summed E-state index contributed by atoms with van der Waals surface area (Å²) >= 11 is 0. The fourth-order valence-corrected chi connectivity index (χ4v) is 3.22. The molecule has 0 aromatic heterocycles. The van der Waals surface area contributed by atoms with Gasteiger partial charge in [-0.1, -0.05) is 128 Å². The SMILES string of the molecule is CCCC=CC=CC(CCCCCCCCCCCCCCC)OOCC. The third-order valence-corrected chi connectivity index (χ3v) is 4.93. The average molecular weight is 381 g/mol. The number of unbranched alkanes of at least 4 members (excludes halogenated alkanes) is 13. The van der Waals surface area contributed by atoms with E-state index in [-0.39, 0.29) is 6.10 Å². The van der Waals surface area contributed by atoms with Crippen molar-refractivity contribution in [1.29, 1.82) is 0 Å². The third-order valence-electron chi connectivity index (χ3n) is 4.93. The van der Waals surface area contributed by atoms with E-state index in [0.717, 1.165) is 12.8 Å². The molecule has 0 aliphatic rings. The van der Waals surface area contributed by atoms with Gasteiger partial charge in [0, 0.05) is 0 Å². The molecule has 0 saturated heterocycles. The van der Waals surface area contributed by atoms with E-state index in [1.807, 2.05) is 6.92 Å². The number of hydrogen-bond donors (Lipinski definition) is 0.